The number of ether oxygens (including phenoxy) is 4. The van der Waals surface area contributed by atoms with E-state index in [1.165, 1.54) is 32.4 Å². The molecule has 1 aliphatic heterocycles. The van der Waals surface area contributed by atoms with Crippen molar-refractivity contribution in [2.75, 3.05) is 45.8 Å². The number of amides is 2. The molecule has 1 fully saturated rings. The van der Waals surface area contributed by atoms with Crippen LogP contribution in [-0.4, -0.2) is 62.4 Å². The van der Waals surface area contributed by atoms with E-state index in [9.17, 15) is 14.7 Å². The van der Waals surface area contributed by atoms with E-state index in [-0.39, 0.29) is 29.5 Å². The van der Waals surface area contributed by atoms with Gasteiger partial charge >= 0.3 is 11.8 Å². The van der Waals surface area contributed by atoms with Gasteiger partial charge in [-0.25, -0.2) is 4.39 Å². The fourth-order valence-corrected chi connectivity index (χ4v) is 5.06. The van der Waals surface area contributed by atoms with Crippen molar-refractivity contribution in [2.24, 2.45) is 5.92 Å². The number of benzene rings is 3. The van der Waals surface area contributed by atoms with Crippen LogP contribution in [0, 0.1) is 11.7 Å². The number of aromatic nitrogens is 1. The summed E-state index contributed by atoms with van der Waals surface area (Å²) < 4.78 is 38.2. The molecule has 1 saturated heterocycles. The first kappa shape index (κ1) is 31.3. The number of carbonyl (C=O) groups excluding carboxylic acids is 2. The molecule has 1 aromatic heterocycles. The molecule has 3 aromatic carbocycles. The normalized spacial score (nSPS) is 13.2. The minimum Gasteiger partial charge on any atom is -0.504 e. The molecule has 0 unspecified atom stereocenters. The van der Waals surface area contributed by atoms with Gasteiger partial charge in [0.25, 0.3) is 0 Å². The standard InChI is InChI=1S/C33H35FN4O7/c1-42-28-7-5-20(16-26(28)39)11-15-37-32(40)33(41)38-22-6-8-27(24(34)17-22)45-30-23-4-3-12-36-25(23)18-29(31(30)43-2)44-19-21-9-13-35-14-10-21/h3-8,12,16-18,21,35,39H,9-11,13-15,19H2,1-2H3,(H,37,40)(H,38,41). The average molecular weight is 619 g/mol. The Bertz CT molecular complexity index is 1680. The number of carbonyl (C=O) groups is 2. The van der Waals surface area contributed by atoms with Crippen molar-refractivity contribution in [2.45, 2.75) is 19.3 Å². The second-order valence-electron chi connectivity index (χ2n) is 10.5. The Morgan fingerprint density at radius 1 is 0.978 bits per heavy atom. The van der Waals surface area contributed by atoms with Crippen LogP contribution >= 0.6 is 0 Å². The lowest BCUT2D eigenvalue weighted by molar-refractivity contribution is -0.136. The lowest BCUT2D eigenvalue weighted by atomic mass is 9.99. The first-order valence-corrected chi connectivity index (χ1v) is 14.6. The van der Waals surface area contributed by atoms with Gasteiger partial charge in [0.1, 0.15) is 0 Å². The first-order chi connectivity index (χ1) is 21.9. The Morgan fingerprint density at radius 3 is 2.51 bits per heavy atom. The average Bonchev–Trinajstić information content (AvgIpc) is 3.05. The Kier molecular flexibility index (Phi) is 10.2. The van der Waals surface area contributed by atoms with Crippen molar-refractivity contribution >= 4 is 28.4 Å². The molecule has 0 radical (unpaired) electrons. The lowest BCUT2D eigenvalue weighted by Gasteiger charge is -2.24. The Labute approximate surface area is 259 Å². The monoisotopic (exact) mass is 618 g/mol. The van der Waals surface area contributed by atoms with E-state index in [1.54, 1.807) is 36.5 Å². The molecule has 4 aromatic rings. The van der Waals surface area contributed by atoms with Gasteiger partial charge in [-0.05, 0) is 80.2 Å². The van der Waals surface area contributed by atoms with Gasteiger partial charge in [-0.3, -0.25) is 14.6 Å². The predicted octanol–water partition coefficient (Wildman–Crippen LogP) is 4.56. The summed E-state index contributed by atoms with van der Waals surface area (Å²) in [5.74, 6) is -1.05. The molecule has 5 rings (SSSR count). The quantitative estimate of drug-likeness (QED) is 0.178. The molecular formula is C33H35FN4O7. The van der Waals surface area contributed by atoms with Crippen molar-refractivity contribution in [3.8, 4) is 34.5 Å². The molecule has 0 aliphatic carbocycles. The van der Waals surface area contributed by atoms with Crippen LogP contribution in [0.2, 0.25) is 0 Å². The maximum Gasteiger partial charge on any atom is 0.313 e. The largest absolute Gasteiger partial charge is 0.504 e. The lowest BCUT2D eigenvalue weighted by Crippen LogP contribution is -2.36. The summed E-state index contributed by atoms with van der Waals surface area (Å²) in [5.41, 5.74) is 1.40. The molecule has 0 bridgehead atoms. The molecule has 4 N–H and O–H groups in total. The van der Waals surface area contributed by atoms with E-state index >= 15 is 4.39 Å². The van der Waals surface area contributed by atoms with Gasteiger partial charge in [-0.15, -0.1) is 0 Å². The zero-order valence-corrected chi connectivity index (χ0v) is 25.0. The van der Waals surface area contributed by atoms with Crippen LogP contribution in [0.4, 0.5) is 10.1 Å². The summed E-state index contributed by atoms with van der Waals surface area (Å²) >= 11 is 0. The van der Waals surface area contributed by atoms with E-state index in [4.69, 9.17) is 18.9 Å². The maximum absolute atomic E-state index is 15.3. The van der Waals surface area contributed by atoms with Crippen LogP contribution in [0.5, 0.6) is 34.5 Å². The van der Waals surface area contributed by atoms with Crippen LogP contribution in [0.15, 0.2) is 60.8 Å². The molecule has 2 heterocycles. The number of pyridine rings is 1. The molecule has 0 atom stereocenters. The van der Waals surface area contributed by atoms with Crippen molar-refractivity contribution in [1.29, 1.82) is 0 Å². The highest BCUT2D eigenvalue weighted by Crippen LogP contribution is 2.45. The summed E-state index contributed by atoms with van der Waals surface area (Å²) in [6.07, 6.45) is 4.02. The number of nitrogens with one attached hydrogen (secondary N) is 3. The molecule has 11 nitrogen and oxygen atoms in total. The number of nitrogens with zero attached hydrogens (tertiary/aromatic N) is 1. The summed E-state index contributed by atoms with van der Waals surface area (Å²) in [5, 5.41) is 18.7. The van der Waals surface area contributed by atoms with Gasteiger partial charge in [-0.2, -0.15) is 0 Å². The van der Waals surface area contributed by atoms with Crippen LogP contribution in [-0.2, 0) is 16.0 Å². The number of anilines is 1. The number of phenolic OH excluding ortho intramolecular Hbond substituents is 1. The minimum absolute atomic E-state index is 0.0227. The molecular weight excluding hydrogens is 583 g/mol. The van der Waals surface area contributed by atoms with Crippen LogP contribution < -0.4 is 34.9 Å². The van der Waals surface area contributed by atoms with Crippen LogP contribution in [0.1, 0.15) is 18.4 Å². The Hall–Kier alpha value is -5.10. The third kappa shape index (κ3) is 7.71. The summed E-state index contributed by atoms with van der Waals surface area (Å²) in [7, 11) is 2.94. The van der Waals surface area contributed by atoms with Gasteiger partial charge in [0.2, 0.25) is 5.75 Å². The molecule has 236 valence electrons. The SMILES string of the molecule is COc1ccc(CCNC(=O)C(=O)Nc2ccc(Oc3c(OC)c(OCC4CCNCC4)cc4ncccc34)c(F)c2)cc1O. The summed E-state index contributed by atoms with van der Waals surface area (Å²) in [6.45, 7) is 2.52. The number of hydrogen-bond acceptors (Lipinski definition) is 9. The van der Waals surface area contributed by atoms with Crippen molar-refractivity contribution in [1.82, 2.24) is 15.6 Å². The summed E-state index contributed by atoms with van der Waals surface area (Å²) in [6, 6.07) is 14.0. The zero-order chi connectivity index (χ0) is 31.8. The minimum atomic E-state index is -0.960. The smallest absolute Gasteiger partial charge is 0.313 e. The van der Waals surface area contributed by atoms with Gasteiger partial charge < -0.3 is 40.0 Å². The second-order valence-corrected chi connectivity index (χ2v) is 10.5. The fourth-order valence-electron chi connectivity index (χ4n) is 5.06. The van der Waals surface area contributed by atoms with E-state index in [2.05, 4.69) is 20.9 Å². The molecule has 2 amide bonds. The topological polar surface area (TPSA) is 140 Å². The van der Waals surface area contributed by atoms with E-state index in [0.717, 1.165) is 37.6 Å². The highest BCUT2D eigenvalue weighted by Gasteiger charge is 2.22. The number of halogens is 1. The zero-order valence-electron chi connectivity index (χ0n) is 25.0. The van der Waals surface area contributed by atoms with Crippen LogP contribution in [0.3, 0.4) is 0 Å². The molecule has 45 heavy (non-hydrogen) atoms. The van der Waals surface area contributed by atoms with E-state index < -0.39 is 17.6 Å². The van der Waals surface area contributed by atoms with Crippen LogP contribution in [0.25, 0.3) is 10.9 Å². The number of piperidine rings is 1. The number of methoxy groups -OCH3 is 2. The molecule has 0 spiro atoms. The molecule has 1 aliphatic rings. The highest BCUT2D eigenvalue weighted by molar-refractivity contribution is 6.39. The van der Waals surface area contributed by atoms with Gasteiger partial charge in [0, 0.05) is 35.9 Å². The number of aromatic hydroxyl groups is 1. The second kappa shape index (κ2) is 14.6. The highest BCUT2D eigenvalue weighted by atomic mass is 19.1. The molecule has 12 heteroatoms. The Morgan fingerprint density at radius 2 is 1.78 bits per heavy atom. The number of phenols is 1. The number of rotatable bonds is 11. The van der Waals surface area contributed by atoms with Crippen molar-refractivity contribution in [3.05, 3.63) is 72.2 Å². The maximum atomic E-state index is 15.3. The van der Waals surface area contributed by atoms with Gasteiger partial charge in [0.05, 0.1) is 26.3 Å². The van der Waals surface area contributed by atoms with E-state index in [0.29, 0.717) is 47.1 Å². The van der Waals surface area contributed by atoms with E-state index in [1.807, 2.05) is 0 Å². The van der Waals surface area contributed by atoms with Gasteiger partial charge in [-0.1, -0.05) is 6.07 Å². The first-order valence-electron chi connectivity index (χ1n) is 14.6. The number of fused-ring (bicyclic) bond motifs is 1. The third-order valence-electron chi connectivity index (χ3n) is 7.47. The molecule has 0 saturated carbocycles. The summed E-state index contributed by atoms with van der Waals surface area (Å²) in [4.78, 5) is 29.2. The predicted molar refractivity (Wildman–Crippen MR) is 166 cm³/mol. The van der Waals surface area contributed by atoms with Crippen molar-refractivity contribution < 1.29 is 38.0 Å². The fraction of sp³-hybridized carbons (Fsp3) is 0.303. The third-order valence-corrected chi connectivity index (χ3v) is 7.47. The van der Waals surface area contributed by atoms with Gasteiger partial charge in [0.15, 0.2) is 34.6 Å². The van der Waals surface area contributed by atoms with Crippen molar-refractivity contribution in [3.63, 3.8) is 0 Å². The number of hydrogen-bond donors (Lipinski definition) is 4. The Balaban J connectivity index is 1.25.